The van der Waals surface area contributed by atoms with Crippen LogP contribution < -0.4 is 0 Å². The standard InChI is InChI=1S/C21H35N3/c1-22-11-5-12-23(18-17-22)13-6-14-24-15-9-21(10-16-24)19-20-7-3-2-4-8-20/h2-4,7-8,21H,5-6,9-19H2,1H3. The van der Waals surface area contributed by atoms with Crippen molar-refractivity contribution in [2.45, 2.75) is 32.1 Å². The van der Waals surface area contributed by atoms with Gasteiger partial charge in [0, 0.05) is 13.1 Å². The molecular formula is C21H35N3. The molecule has 24 heavy (non-hydrogen) atoms. The average Bonchev–Trinajstić information content (AvgIpc) is 2.82. The summed E-state index contributed by atoms with van der Waals surface area (Å²) in [4.78, 5) is 7.84. The molecule has 134 valence electrons. The van der Waals surface area contributed by atoms with Crippen LogP contribution in [0.25, 0.3) is 0 Å². The van der Waals surface area contributed by atoms with Crippen LogP contribution in [0.4, 0.5) is 0 Å². The van der Waals surface area contributed by atoms with Crippen LogP contribution in [-0.4, -0.2) is 74.1 Å². The van der Waals surface area contributed by atoms with E-state index in [1.165, 1.54) is 90.0 Å². The highest BCUT2D eigenvalue weighted by atomic mass is 15.2. The van der Waals surface area contributed by atoms with E-state index in [1.807, 2.05) is 0 Å². The molecule has 0 aliphatic carbocycles. The van der Waals surface area contributed by atoms with Gasteiger partial charge in [-0.1, -0.05) is 30.3 Å². The maximum Gasteiger partial charge on any atom is 0.0109 e. The number of likely N-dealkylation sites (N-methyl/N-ethyl adjacent to an activating group) is 1. The van der Waals surface area contributed by atoms with Gasteiger partial charge >= 0.3 is 0 Å². The number of piperidine rings is 1. The smallest absolute Gasteiger partial charge is 0.0109 e. The highest BCUT2D eigenvalue weighted by Crippen LogP contribution is 2.21. The first-order valence-electron chi connectivity index (χ1n) is 9.97. The Hall–Kier alpha value is -0.900. The van der Waals surface area contributed by atoms with Crippen LogP contribution in [0.5, 0.6) is 0 Å². The predicted molar refractivity (Wildman–Crippen MR) is 102 cm³/mol. The Balaban J connectivity index is 1.30. The lowest BCUT2D eigenvalue weighted by atomic mass is 9.90. The van der Waals surface area contributed by atoms with Gasteiger partial charge in [-0.3, -0.25) is 0 Å². The van der Waals surface area contributed by atoms with Gasteiger partial charge in [-0.15, -0.1) is 0 Å². The molecule has 3 heteroatoms. The number of hydrogen-bond donors (Lipinski definition) is 0. The summed E-state index contributed by atoms with van der Waals surface area (Å²) < 4.78 is 0. The van der Waals surface area contributed by atoms with E-state index in [0.29, 0.717) is 0 Å². The molecule has 0 bridgehead atoms. The fourth-order valence-corrected chi connectivity index (χ4v) is 4.20. The van der Waals surface area contributed by atoms with Crippen molar-refractivity contribution >= 4 is 0 Å². The van der Waals surface area contributed by atoms with Gasteiger partial charge in [0.15, 0.2) is 0 Å². The summed E-state index contributed by atoms with van der Waals surface area (Å²) in [5, 5.41) is 0. The second kappa shape index (κ2) is 9.55. The molecule has 0 unspecified atom stereocenters. The van der Waals surface area contributed by atoms with E-state index in [0.717, 1.165) is 5.92 Å². The molecule has 0 saturated carbocycles. The van der Waals surface area contributed by atoms with Crippen molar-refractivity contribution in [3.8, 4) is 0 Å². The number of likely N-dealkylation sites (tertiary alicyclic amines) is 1. The van der Waals surface area contributed by atoms with Crippen LogP contribution in [0.1, 0.15) is 31.2 Å². The number of hydrogen-bond acceptors (Lipinski definition) is 3. The third-order valence-corrected chi connectivity index (χ3v) is 5.84. The third-order valence-electron chi connectivity index (χ3n) is 5.84. The SMILES string of the molecule is CN1CCCN(CCCN2CCC(Cc3ccccc3)CC2)CC1. The maximum atomic E-state index is 2.70. The zero-order valence-electron chi connectivity index (χ0n) is 15.5. The van der Waals surface area contributed by atoms with Crippen molar-refractivity contribution < 1.29 is 0 Å². The highest BCUT2D eigenvalue weighted by Gasteiger charge is 2.19. The minimum absolute atomic E-state index is 0.893. The number of nitrogens with zero attached hydrogens (tertiary/aromatic N) is 3. The molecule has 2 fully saturated rings. The van der Waals surface area contributed by atoms with Gasteiger partial charge in [-0.2, -0.15) is 0 Å². The summed E-state index contributed by atoms with van der Waals surface area (Å²) in [5.41, 5.74) is 1.52. The second-order valence-corrected chi connectivity index (χ2v) is 7.83. The molecule has 0 aromatic heterocycles. The molecule has 3 nitrogen and oxygen atoms in total. The van der Waals surface area contributed by atoms with Gasteiger partial charge in [0.25, 0.3) is 0 Å². The van der Waals surface area contributed by atoms with Gasteiger partial charge in [0.1, 0.15) is 0 Å². The van der Waals surface area contributed by atoms with Crippen molar-refractivity contribution in [3.05, 3.63) is 35.9 Å². The Labute approximate surface area is 148 Å². The first kappa shape index (κ1) is 17.9. The lowest BCUT2D eigenvalue weighted by Gasteiger charge is -2.32. The van der Waals surface area contributed by atoms with Crippen molar-refractivity contribution in [2.24, 2.45) is 5.92 Å². The van der Waals surface area contributed by atoms with Crippen LogP contribution in [0.15, 0.2) is 30.3 Å². The zero-order chi connectivity index (χ0) is 16.6. The lowest BCUT2D eigenvalue weighted by Crippen LogP contribution is -2.37. The van der Waals surface area contributed by atoms with E-state index in [9.17, 15) is 0 Å². The van der Waals surface area contributed by atoms with Crippen molar-refractivity contribution in [1.29, 1.82) is 0 Å². The Bertz CT molecular complexity index is 453. The molecule has 2 aliphatic rings. The molecule has 0 spiro atoms. The van der Waals surface area contributed by atoms with Gasteiger partial charge in [-0.25, -0.2) is 0 Å². The molecule has 0 radical (unpaired) electrons. The monoisotopic (exact) mass is 329 g/mol. The van der Waals surface area contributed by atoms with Gasteiger partial charge in [-0.05, 0) is 89.9 Å². The van der Waals surface area contributed by atoms with Crippen molar-refractivity contribution in [3.63, 3.8) is 0 Å². The minimum Gasteiger partial charge on any atom is -0.305 e. The van der Waals surface area contributed by atoms with Crippen molar-refractivity contribution in [1.82, 2.24) is 14.7 Å². The fraction of sp³-hybridized carbons (Fsp3) is 0.714. The molecule has 2 heterocycles. The molecule has 1 aromatic carbocycles. The van der Waals surface area contributed by atoms with Crippen LogP contribution in [0, 0.1) is 5.92 Å². The lowest BCUT2D eigenvalue weighted by molar-refractivity contribution is 0.171. The second-order valence-electron chi connectivity index (χ2n) is 7.83. The fourth-order valence-electron chi connectivity index (χ4n) is 4.20. The summed E-state index contributed by atoms with van der Waals surface area (Å²) in [6.07, 6.45) is 6.71. The topological polar surface area (TPSA) is 9.72 Å². The predicted octanol–water partition coefficient (Wildman–Crippen LogP) is 2.97. The molecule has 2 aliphatic heterocycles. The average molecular weight is 330 g/mol. The summed E-state index contributed by atoms with van der Waals surface area (Å²) in [5.74, 6) is 0.893. The van der Waals surface area contributed by atoms with Crippen LogP contribution in [-0.2, 0) is 6.42 Å². The Morgan fingerprint density at radius 2 is 1.54 bits per heavy atom. The van der Waals surface area contributed by atoms with Crippen molar-refractivity contribution in [2.75, 3.05) is 59.4 Å². The van der Waals surface area contributed by atoms with E-state index in [-0.39, 0.29) is 0 Å². The number of rotatable bonds is 6. The number of benzene rings is 1. The quantitative estimate of drug-likeness (QED) is 0.794. The normalized spacial score (nSPS) is 22.5. The molecular weight excluding hydrogens is 294 g/mol. The third kappa shape index (κ3) is 5.87. The molecule has 2 saturated heterocycles. The largest absolute Gasteiger partial charge is 0.305 e. The first-order chi connectivity index (χ1) is 11.8. The van der Waals surface area contributed by atoms with Crippen LogP contribution in [0.2, 0.25) is 0 Å². The van der Waals surface area contributed by atoms with Gasteiger partial charge in [0.05, 0.1) is 0 Å². The molecule has 0 amide bonds. The summed E-state index contributed by atoms with van der Waals surface area (Å²) in [7, 11) is 2.25. The Morgan fingerprint density at radius 3 is 2.29 bits per heavy atom. The zero-order valence-corrected chi connectivity index (χ0v) is 15.5. The Kier molecular flexibility index (Phi) is 7.13. The molecule has 3 rings (SSSR count). The van der Waals surface area contributed by atoms with Gasteiger partial charge < -0.3 is 14.7 Å². The van der Waals surface area contributed by atoms with Crippen LogP contribution >= 0.6 is 0 Å². The van der Waals surface area contributed by atoms with E-state index < -0.39 is 0 Å². The van der Waals surface area contributed by atoms with E-state index in [4.69, 9.17) is 0 Å². The molecule has 1 aromatic rings. The van der Waals surface area contributed by atoms with E-state index >= 15 is 0 Å². The van der Waals surface area contributed by atoms with Crippen LogP contribution in [0.3, 0.4) is 0 Å². The first-order valence-corrected chi connectivity index (χ1v) is 9.97. The summed E-state index contributed by atoms with van der Waals surface area (Å²) in [6.45, 7) is 10.3. The highest BCUT2D eigenvalue weighted by molar-refractivity contribution is 5.15. The minimum atomic E-state index is 0.893. The van der Waals surface area contributed by atoms with E-state index in [2.05, 4.69) is 52.1 Å². The molecule has 0 atom stereocenters. The summed E-state index contributed by atoms with van der Waals surface area (Å²) >= 11 is 0. The summed E-state index contributed by atoms with van der Waals surface area (Å²) in [6, 6.07) is 11.0. The molecule has 0 N–H and O–H groups in total. The Morgan fingerprint density at radius 1 is 0.833 bits per heavy atom. The maximum absolute atomic E-state index is 2.70. The van der Waals surface area contributed by atoms with E-state index in [1.54, 1.807) is 0 Å². The van der Waals surface area contributed by atoms with Gasteiger partial charge in [0.2, 0.25) is 0 Å².